The zero-order chi connectivity index (χ0) is 20.4. The van der Waals surface area contributed by atoms with Gasteiger partial charge in [-0.05, 0) is 36.6 Å². The molecule has 1 aliphatic rings. The highest BCUT2D eigenvalue weighted by molar-refractivity contribution is 5.86. The maximum absolute atomic E-state index is 13.4. The molecule has 0 radical (unpaired) electrons. The summed E-state index contributed by atoms with van der Waals surface area (Å²) in [6.07, 6.45) is 2.66. The predicted molar refractivity (Wildman–Crippen MR) is 106 cm³/mol. The van der Waals surface area contributed by atoms with E-state index in [0.717, 1.165) is 5.56 Å². The summed E-state index contributed by atoms with van der Waals surface area (Å²) in [6.45, 7) is 1.50. The number of nitro groups is 1. The first-order valence-corrected chi connectivity index (χ1v) is 9.22. The molecule has 0 atom stereocenters. The number of fused-ring (bicyclic) bond motifs is 1. The van der Waals surface area contributed by atoms with E-state index in [-0.39, 0.29) is 28.0 Å². The second kappa shape index (κ2) is 7.59. The average molecular weight is 398 g/mol. The van der Waals surface area contributed by atoms with Gasteiger partial charge in [-0.3, -0.25) is 14.9 Å². The molecular formula is C20H19FN4O4. The SMILES string of the molecule is O=c1[nH]cnc2cc(NCC3(c4ccc(F)cc4)CCOCC3)c([N+](=O)[O-])cc12. The van der Waals surface area contributed by atoms with Crippen molar-refractivity contribution in [2.24, 2.45) is 0 Å². The van der Waals surface area contributed by atoms with Crippen molar-refractivity contribution in [1.29, 1.82) is 0 Å². The van der Waals surface area contributed by atoms with Crippen molar-refractivity contribution in [1.82, 2.24) is 9.97 Å². The van der Waals surface area contributed by atoms with Gasteiger partial charge in [0.15, 0.2) is 0 Å². The summed E-state index contributed by atoms with van der Waals surface area (Å²) < 4.78 is 18.9. The van der Waals surface area contributed by atoms with E-state index in [9.17, 15) is 19.3 Å². The minimum atomic E-state index is -0.525. The molecule has 0 aliphatic carbocycles. The Morgan fingerprint density at radius 1 is 1.24 bits per heavy atom. The number of halogens is 1. The van der Waals surface area contributed by atoms with Gasteiger partial charge in [0.2, 0.25) is 0 Å². The maximum atomic E-state index is 13.4. The molecule has 8 nitrogen and oxygen atoms in total. The van der Waals surface area contributed by atoms with Crippen LogP contribution in [0.5, 0.6) is 0 Å². The van der Waals surface area contributed by atoms with E-state index in [1.807, 2.05) is 0 Å². The highest BCUT2D eigenvalue weighted by Gasteiger charge is 2.35. The fourth-order valence-corrected chi connectivity index (χ4v) is 3.79. The van der Waals surface area contributed by atoms with Crippen LogP contribution in [0.4, 0.5) is 15.8 Å². The summed E-state index contributed by atoms with van der Waals surface area (Å²) in [4.78, 5) is 29.5. The van der Waals surface area contributed by atoms with Crippen LogP contribution in [0.2, 0.25) is 0 Å². The molecule has 1 aliphatic heterocycles. The van der Waals surface area contributed by atoms with Gasteiger partial charge in [0, 0.05) is 31.2 Å². The number of H-pyrrole nitrogens is 1. The van der Waals surface area contributed by atoms with Crippen LogP contribution in [0, 0.1) is 15.9 Å². The van der Waals surface area contributed by atoms with Gasteiger partial charge in [0.1, 0.15) is 11.5 Å². The molecule has 0 amide bonds. The number of nitro benzene ring substituents is 1. The Morgan fingerprint density at radius 2 is 1.97 bits per heavy atom. The molecule has 1 fully saturated rings. The smallest absolute Gasteiger partial charge is 0.293 e. The number of aromatic nitrogens is 2. The molecule has 0 spiro atoms. The Balaban J connectivity index is 1.71. The topological polar surface area (TPSA) is 110 Å². The highest BCUT2D eigenvalue weighted by Crippen LogP contribution is 2.37. The molecular weight excluding hydrogens is 379 g/mol. The van der Waals surface area contributed by atoms with E-state index in [4.69, 9.17) is 4.74 Å². The summed E-state index contributed by atoms with van der Waals surface area (Å²) >= 11 is 0. The van der Waals surface area contributed by atoms with Crippen molar-refractivity contribution < 1.29 is 14.1 Å². The van der Waals surface area contributed by atoms with Gasteiger partial charge in [-0.1, -0.05) is 12.1 Å². The molecule has 2 aromatic carbocycles. The van der Waals surface area contributed by atoms with Gasteiger partial charge in [-0.2, -0.15) is 0 Å². The number of aromatic amines is 1. The van der Waals surface area contributed by atoms with E-state index < -0.39 is 10.5 Å². The first kappa shape index (κ1) is 19.0. The van der Waals surface area contributed by atoms with Gasteiger partial charge in [-0.15, -0.1) is 0 Å². The van der Waals surface area contributed by atoms with Crippen molar-refractivity contribution >= 4 is 22.3 Å². The summed E-state index contributed by atoms with van der Waals surface area (Å²) in [6, 6.07) is 9.08. The van der Waals surface area contributed by atoms with Gasteiger partial charge in [0.25, 0.3) is 11.2 Å². The fourth-order valence-electron chi connectivity index (χ4n) is 3.79. The van der Waals surface area contributed by atoms with Crippen LogP contribution in [0.3, 0.4) is 0 Å². The van der Waals surface area contributed by atoms with Crippen molar-refractivity contribution in [2.75, 3.05) is 25.1 Å². The number of anilines is 1. The molecule has 1 saturated heterocycles. The lowest BCUT2D eigenvalue weighted by Gasteiger charge is -2.38. The van der Waals surface area contributed by atoms with Gasteiger partial charge < -0.3 is 15.0 Å². The summed E-state index contributed by atoms with van der Waals surface area (Å²) in [5.41, 5.74) is 0.622. The lowest BCUT2D eigenvalue weighted by molar-refractivity contribution is -0.383. The quantitative estimate of drug-likeness (QED) is 0.505. The monoisotopic (exact) mass is 398 g/mol. The van der Waals surface area contributed by atoms with E-state index >= 15 is 0 Å². The number of hydrogen-bond donors (Lipinski definition) is 2. The average Bonchev–Trinajstić information content (AvgIpc) is 2.73. The largest absolute Gasteiger partial charge is 0.381 e. The standard InChI is InChI=1S/C20H19FN4O4/c21-14-3-1-13(2-4-14)20(5-7-29-8-6-20)11-22-17-10-16-15(9-18(17)25(27)28)19(26)24-12-23-16/h1-4,9-10,12,22H,5-8,11H2,(H,23,24,26). The molecule has 1 aromatic heterocycles. The first-order chi connectivity index (χ1) is 14.0. The summed E-state index contributed by atoms with van der Waals surface area (Å²) in [5.74, 6) is -0.314. The number of hydrogen-bond acceptors (Lipinski definition) is 6. The fraction of sp³-hybridized carbons (Fsp3) is 0.300. The Labute approximate surface area is 164 Å². The zero-order valence-corrected chi connectivity index (χ0v) is 15.5. The number of rotatable bonds is 5. The second-order valence-electron chi connectivity index (χ2n) is 7.13. The minimum Gasteiger partial charge on any atom is -0.381 e. The molecule has 0 bridgehead atoms. The maximum Gasteiger partial charge on any atom is 0.293 e. The zero-order valence-electron chi connectivity index (χ0n) is 15.5. The van der Waals surface area contributed by atoms with Gasteiger partial charge in [-0.25, -0.2) is 9.37 Å². The van der Waals surface area contributed by atoms with E-state index in [1.165, 1.54) is 30.6 Å². The molecule has 2 heterocycles. The molecule has 2 N–H and O–H groups in total. The summed E-state index contributed by atoms with van der Waals surface area (Å²) in [7, 11) is 0. The van der Waals surface area contributed by atoms with Crippen molar-refractivity contribution in [3.63, 3.8) is 0 Å². The Hall–Kier alpha value is -3.33. The molecule has 29 heavy (non-hydrogen) atoms. The second-order valence-corrected chi connectivity index (χ2v) is 7.13. The molecule has 0 saturated carbocycles. The third-order valence-electron chi connectivity index (χ3n) is 5.48. The van der Waals surface area contributed by atoms with E-state index in [0.29, 0.717) is 38.1 Å². The lowest BCUT2D eigenvalue weighted by Crippen LogP contribution is -2.40. The van der Waals surface area contributed by atoms with Crippen LogP contribution in [0.1, 0.15) is 18.4 Å². The predicted octanol–water partition coefficient (Wildman–Crippen LogP) is 3.13. The lowest BCUT2D eigenvalue weighted by atomic mass is 9.74. The Morgan fingerprint density at radius 3 is 2.66 bits per heavy atom. The van der Waals surface area contributed by atoms with Crippen LogP contribution in [-0.4, -0.2) is 34.6 Å². The van der Waals surface area contributed by atoms with E-state index in [2.05, 4.69) is 15.3 Å². The van der Waals surface area contributed by atoms with Crippen LogP contribution in [-0.2, 0) is 10.2 Å². The van der Waals surface area contributed by atoms with Crippen LogP contribution in [0.25, 0.3) is 10.9 Å². The van der Waals surface area contributed by atoms with Crippen LogP contribution >= 0.6 is 0 Å². The van der Waals surface area contributed by atoms with Gasteiger partial charge in [0.05, 0.1) is 22.2 Å². The Bertz CT molecular complexity index is 1110. The normalized spacial score (nSPS) is 15.9. The van der Waals surface area contributed by atoms with Crippen molar-refractivity contribution in [3.8, 4) is 0 Å². The van der Waals surface area contributed by atoms with E-state index in [1.54, 1.807) is 12.1 Å². The molecule has 9 heteroatoms. The molecule has 3 aromatic rings. The minimum absolute atomic E-state index is 0.157. The summed E-state index contributed by atoms with van der Waals surface area (Å²) in [5, 5.41) is 14.9. The third-order valence-corrected chi connectivity index (χ3v) is 5.48. The van der Waals surface area contributed by atoms with Crippen molar-refractivity contribution in [2.45, 2.75) is 18.3 Å². The molecule has 4 rings (SSSR count). The first-order valence-electron chi connectivity index (χ1n) is 9.22. The highest BCUT2D eigenvalue weighted by atomic mass is 19.1. The molecule has 150 valence electrons. The number of nitrogens with zero attached hydrogens (tertiary/aromatic N) is 2. The Kier molecular flexibility index (Phi) is 4.98. The molecule has 0 unspecified atom stereocenters. The third kappa shape index (κ3) is 3.68. The number of nitrogens with one attached hydrogen (secondary N) is 2. The van der Waals surface area contributed by atoms with Gasteiger partial charge >= 0.3 is 0 Å². The van der Waals surface area contributed by atoms with Crippen LogP contribution < -0.4 is 10.9 Å². The van der Waals surface area contributed by atoms with Crippen molar-refractivity contribution in [3.05, 3.63) is 74.6 Å². The van der Waals surface area contributed by atoms with Crippen LogP contribution in [0.15, 0.2) is 47.5 Å². The number of ether oxygens (including phenoxy) is 1. The number of benzene rings is 2.